The van der Waals surface area contributed by atoms with Gasteiger partial charge in [0.1, 0.15) is 5.82 Å². The van der Waals surface area contributed by atoms with Gasteiger partial charge in [0.15, 0.2) is 0 Å². The molecular weight excluding hydrogens is 464 g/mol. The minimum absolute atomic E-state index is 0.0820. The first-order chi connectivity index (χ1) is 18.4. The zero-order chi connectivity index (χ0) is 25.8. The van der Waals surface area contributed by atoms with Gasteiger partial charge in [-0.3, -0.25) is 9.88 Å². The molecule has 0 unspecified atom stereocenters. The van der Waals surface area contributed by atoms with E-state index >= 15 is 0 Å². The summed E-state index contributed by atoms with van der Waals surface area (Å²) < 4.78 is 2.56. The van der Waals surface area contributed by atoms with Gasteiger partial charge in [-0.25, -0.2) is 4.98 Å². The van der Waals surface area contributed by atoms with Gasteiger partial charge in [-0.1, -0.05) is 70.2 Å². The molecule has 0 aliphatic carbocycles. The summed E-state index contributed by atoms with van der Waals surface area (Å²) in [4.78, 5) is 11.4. The molecule has 0 N–H and O–H groups in total. The van der Waals surface area contributed by atoms with Crippen LogP contribution in [0.5, 0.6) is 0 Å². The Labute approximate surface area is 222 Å². The summed E-state index contributed by atoms with van der Waals surface area (Å²) in [6, 6.07) is 28.6. The SMILES string of the molecule is CC1(C)c2cccc3c2-n2c4c1cccc4c1cc(N(c4cccnc4)c4ccccn4)cc(c12)C3(C)C. The molecule has 8 rings (SSSR count). The molecule has 4 heteroatoms. The van der Waals surface area contributed by atoms with Gasteiger partial charge in [0.05, 0.1) is 28.6 Å². The average molecular weight is 493 g/mol. The second-order valence-electron chi connectivity index (χ2n) is 11.6. The molecule has 3 aromatic heterocycles. The van der Waals surface area contributed by atoms with Crippen LogP contribution in [0.3, 0.4) is 0 Å². The number of hydrogen-bond acceptors (Lipinski definition) is 3. The fourth-order valence-corrected chi connectivity index (χ4v) is 6.98. The summed E-state index contributed by atoms with van der Waals surface area (Å²) in [5.41, 5.74) is 11.4. The third-order valence-electron chi connectivity index (χ3n) is 8.86. The van der Waals surface area contributed by atoms with E-state index in [0.29, 0.717) is 0 Å². The van der Waals surface area contributed by atoms with Crippen molar-refractivity contribution in [2.75, 3.05) is 4.90 Å². The van der Waals surface area contributed by atoms with Gasteiger partial charge < -0.3 is 4.57 Å². The predicted molar refractivity (Wildman–Crippen MR) is 155 cm³/mol. The number of rotatable bonds is 3. The smallest absolute Gasteiger partial charge is 0.137 e. The van der Waals surface area contributed by atoms with Gasteiger partial charge in [0.2, 0.25) is 0 Å². The van der Waals surface area contributed by atoms with Gasteiger partial charge in [0, 0.05) is 39.7 Å². The standard InChI is InChI=1S/C34H28N4/c1-33(2)25-12-7-11-23-24-18-22(37(21-10-9-16-35-20-21)29-15-5-6-17-36-29)19-28-31(24)38(30(23)25)32-26(33)13-8-14-27(32)34(28,3)4/h5-20H,1-4H3. The molecule has 5 heterocycles. The van der Waals surface area contributed by atoms with Crippen molar-refractivity contribution in [2.45, 2.75) is 38.5 Å². The number of anilines is 3. The van der Waals surface area contributed by atoms with E-state index in [9.17, 15) is 0 Å². The molecule has 0 bridgehead atoms. The fourth-order valence-electron chi connectivity index (χ4n) is 6.98. The average Bonchev–Trinajstić information content (AvgIpc) is 3.27. The number of aromatic nitrogens is 3. The van der Waals surface area contributed by atoms with E-state index in [-0.39, 0.29) is 10.8 Å². The second-order valence-corrected chi connectivity index (χ2v) is 11.6. The van der Waals surface area contributed by atoms with Crippen molar-refractivity contribution in [1.29, 1.82) is 0 Å². The Morgan fingerprint density at radius 3 is 2.11 bits per heavy atom. The molecule has 0 fully saturated rings. The van der Waals surface area contributed by atoms with Crippen molar-refractivity contribution in [3.05, 3.63) is 120 Å². The van der Waals surface area contributed by atoms with Crippen molar-refractivity contribution in [3.63, 3.8) is 0 Å². The maximum Gasteiger partial charge on any atom is 0.137 e. The molecule has 184 valence electrons. The van der Waals surface area contributed by atoms with Crippen LogP contribution in [0.1, 0.15) is 49.9 Å². The predicted octanol–water partition coefficient (Wildman–Crippen LogP) is 8.32. The summed E-state index contributed by atoms with van der Waals surface area (Å²) in [6.45, 7) is 9.50. The Kier molecular flexibility index (Phi) is 4.04. The van der Waals surface area contributed by atoms with Crippen molar-refractivity contribution < 1.29 is 0 Å². The van der Waals surface area contributed by atoms with Crippen LogP contribution in [-0.4, -0.2) is 14.5 Å². The van der Waals surface area contributed by atoms with E-state index in [4.69, 9.17) is 4.98 Å². The molecule has 0 amide bonds. The summed E-state index contributed by atoms with van der Waals surface area (Å²) in [7, 11) is 0. The van der Waals surface area contributed by atoms with Crippen LogP contribution in [0.2, 0.25) is 0 Å². The van der Waals surface area contributed by atoms with E-state index in [0.717, 1.165) is 17.2 Å². The van der Waals surface area contributed by atoms with Crippen molar-refractivity contribution >= 4 is 39.0 Å². The van der Waals surface area contributed by atoms with Gasteiger partial charge in [-0.15, -0.1) is 0 Å². The molecule has 0 spiro atoms. The van der Waals surface area contributed by atoms with Crippen LogP contribution in [0, 0.1) is 0 Å². The molecule has 38 heavy (non-hydrogen) atoms. The zero-order valence-corrected chi connectivity index (χ0v) is 22.0. The topological polar surface area (TPSA) is 34.0 Å². The Bertz CT molecular complexity index is 1870. The summed E-state index contributed by atoms with van der Waals surface area (Å²) >= 11 is 0. The highest BCUT2D eigenvalue weighted by Crippen LogP contribution is 2.56. The highest BCUT2D eigenvalue weighted by molar-refractivity contribution is 6.15. The Morgan fingerprint density at radius 1 is 0.632 bits per heavy atom. The third kappa shape index (κ3) is 2.55. The highest BCUT2D eigenvalue weighted by Gasteiger charge is 2.43. The van der Waals surface area contributed by atoms with Crippen molar-refractivity contribution in [3.8, 4) is 5.69 Å². The molecule has 6 aromatic rings. The first-order valence-corrected chi connectivity index (χ1v) is 13.3. The number of benzene rings is 3. The molecule has 0 atom stereocenters. The zero-order valence-electron chi connectivity index (χ0n) is 22.0. The minimum atomic E-state index is -0.178. The van der Waals surface area contributed by atoms with Crippen LogP contribution >= 0.6 is 0 Å². The summed E-state index contributed by atoms with van der Waals surface area (Å²) in [5, 5.41) is 2.59. The summed E-state index contributed by atoms with van der Waals surface area (Å²) in [5.74, 6) is 0.873. The van der Waals surface area contributed by atoms with Crippen LogP contribution < -0.4 is 4.90 Å². The third-order valence-corrected chi connectivity index (χ3v) is 8.86. The van der Waals surface area contributed by atoms with Crippen LogP contribution in [0.15, 0.2) is 97.5 Å². The Hall–Kier alpha value is -4.44. The molecule has 0 saturated heterocycles. The second kappa shape index (κ2) is 7.11. The van der Waals surface area contributed by atoms with Crippen LogP contribution in [0.4, 0.5) is 17.2 Å². The number of hydrogen-bond donors (Lipinski definition) is 0. The fraction of sp³-hybridized carbons (Fsp3) is 0.176. The number of pyridine rings is 2. The lowest BCUT2D eigenvalue weighted by atomic mass is 9.68. The van der Waals surface area contributed by atoms with E-state index in [1.807, 2.05) is 36.8 Å². The summed E-state index contributed by atoms with van der Waals surface area (Å²) in [6.07, 6.45) is 5.58. The van der Waals surface area contributed by atoms with Gasteiger partial charge in [-0.2, -0.15) is 0 Å². The van der Waals surface area contributed by atoms with E-state index < -0.39 is 0 Å². The largest absolute Gasteiger partial charge is 0.308 e. The van der Waals surface area contributed by atoms with Gasteiger partial charge >= 0.3 is 0 Å². The molecule has 2 aliphatic rings. The number of para-hydroxylation sites is 2. The van der Waals surface area contributed by atoms with E-state index in [1.165, 1.54) is 49.7 Å². The molecule has 3 aromatic carbocycles. The normalized spacial score (nSPS) is 15.8. The molecule has 4 nitrogen and oxygen atoms in total. The van der Waals surface area contributed by atoms with Gasteiger partial charge in [-0.05, 0) is 58.7 Å². The van der Waals surface area contributed by atoms with E-state index in [1.54, 1.807) is 0 Å². The lowest BCUT2D eigenvalue weighted by Gasteiger charge is -2.42. The lowest BCUT2D eigenvalue weighted by molar-refractivity contribution is 0.593. The first-order valence-electron chi connectivity index (χ1n) is 13.3. The maximum atomic E-state index is 4.76. The van der Waals surface area contributed by atoms with Gasteiger partial charge in [0.25, 0.3) is 0 Å². The van der Waals surface area contributed by atoms with Crippen LogP contribution in [0.25, 0.3) is 27.5 Å². The molecular formula is C34H28N4. The minimum Gasteiger partial charge on any atom is -0.308 e. The quantitative estimate of drug-likeness (QED) is 0.249. The first kappa shape index (κ1) is 21.6. The molecule has 0 radical (unpaired) electrons. The Balaban J connectivity index is 1.56. The number of nitrogens with zero attached hydrogens (tertiary/aromatic N) is 4. The number of fused-ring (bicyclic) bond motifs is 1. The van der Waals surface area contributed by atoms with Crippen LogP contribution in [-0.2, 0) is 10.8 Å². The molecule has 0 saturated carbocycles. The highest BCUT2D eigenvalue weighted by atomic mass is 15.2. The molecule has 2 aliphatic heterocycles. The van der Waals surface area contributed by atoms with E-state index in [2.05, 4.69) is 103 Å². The van der Waals surface area contributed by atoms with Crippen molar-refractivity contribution in [1.82, 2.24) is 14.5 Å². The maximum absolute atomic E-state index is 4.76. The monoisotopic (exact) mass is 492 g/mol. The Morgan fingerprint density at radius 2 is 1.37 bits per heavy atom. The van der Waals surface area contributed by atoms with Crippen molar-refractivity contribution in [2.24, 2.45) is 0 Å². The lowest BCUT2D eigenvalue weighted by Crippen LogP contribution is -2.33.